The number of halogens is 1. The van der Waals surface area contributed by atoms with E-state index in [1.807, 2.05) is 0 Å². The van der Waals surface area contributed by atoms with Crippen molar-refractivity contribution in [3.05, 3.63) is 39.4 Å². The Labute approximate surface area is 118 Å². The van der Waals surface area contributed by atoms with E-state index < -0.39 is 5.97 Å². The van der Waals surface area contributed by atoms with Crippen molar-refractivity contribution < 1.29 is 14.7 Å². The molecule has 0 unspecified atom stereocenters. The molecule has 1 saturated heterocycles. The van der Waals surface area contributed by atoms with Gasteiger partial charge in [0.1, 0.15) is 0 Å². The van der Waals surface area contributed by atoms with Gasteiger partial charge in [-0.15, -0.1) is 0 Å². The minimum atomic E-state index is -1.03. The van der Waals surface area contributed by atoms with E-state index in [0.29, 0.717) is 15.7 Å². The molecule has 1 aliphatic heterocycles. The van der Waals surface area contributed by atoms with Gasteiger partial charge < -0.3 is 15.7 Å². The number of carbonyl (C=O) groups is 2. The van der Waals surface area contributed by atoms with Crippen LogP contribution in [0.25, 0.3) is 0 Å². The highest BCUT2D eigenvalue weighted by molar-refractivity contribution is 9.10. The normalized spacial score (nSPS) is 13.7. The lowest BCUT2D eigenvalue weighted by Crippen LogP contribution is -2.36. The van der Waals surface area contributed by atoms with E-state index in [4.69, 9.17) is 5.11 Å². The summed E-state index contributed by atoms with van der Waals surface area (Å²) in [6.45, 7) is 3.23. The highest BCUT2D eigenvalue weighted by Crippen LogP contribution is 2.21. The molecule has 19 heavy (non-hydrogen) atoms. The van der Waals surface area contributed by atoms with Gasteiger partial charge in [-0.25, -0.2) is 4.79 Å². The van der Waals surface area contributed by atoms with E-state index in [2.05, 4.69) is 26.6 Å². The van der Waals surface area contributed by atoms with Crippen molar-refractivity contribution in [1.82, 2.24) is 5.32 Å². The molecule has 2 rings (SSSR count). The number of amides is 1. The van der Waals surface area contributed by atoms with Crippen molar-refractivity contribution in [2.24, 2.45) is 0 Å². The standard InChI is InChI=1S/C13H13BrN2O3/c1-7(9-5-15-6-9)12(17)16-11-3-8(13(18)19)2-10(14)4-11/h2-4,15H,5-6H2,1H3,(H,16,17)(H,18,19). The second kappa shape index (κ2) is 5.54. The number of carbonyl (C=O) groups excluding carboxylic acids is 1. The molecular formula is C13H13BrN2O3. The second-order valence-corrected chi connectivity index (χ2v) is 5.24. The Bertz CT molecular complexity index is 575. The first-order valence-corrected chi connectivity index (χ1v) is 6.51. The van der Waals surface area contributed by atoms with Crippen LogP contribution in [0.4, 0.5) is 5.69 Å². The SMILES string of the molecule is CC(C(=O)Nc1cc(Br)cc(C(=O)O)c1)=C1CNC1. The van der Waals surface area contributed by atoms with Gasteiger partial charge in [0.25, 0.3) is 5.91 Å². The van der Waals surface area contributed by atoms with Crippen molar-refractivity contribution in [3.8, 4) is 0 Å². The molecule has 1 fully saturated rings. The molecule has 1 heterocycles. The van der Waals surface area contributed by atoms with Crippen LogP contribution in [-0.4, -0.2) is 30.1 Å². The summed E-state index contributed by atoms with van der Waals surface area (Å²) in [7, 11) is 0. The molecule has 3 N–H and O–H groups in total. The summed E-state index contributed by atoms with van der Waals surface area (Å²) in [5.74, 6) is -1.24. The number of carboxylic acid groups (broad SMARTS) is 1. The van der Waals surface area contributed by atoms with E-state index >= 15 is 0 Å². The Morgan fingerprint density at radius 1 is 1.32 bits per heavy atom. The van der Waals surface area contributed by atoms with Gasteiger partial charge in [0.15, 0.2) is 0 Å². The second-order valence-electron chi connectivity index (χ2n) is 4.32. The van der Waals surface area contributed by atoms with Gasteiger partial charge in [-0.05, 0) is 30.7 Å². The average Bonchev–Trinajstić information content (AvgIpc) is 2.25. The molecule has 6 heteroatoms. The predicted molar refractivity (Wildman–Crippen MR) is 75.3 cm³/mol. The molecule has 1 amide bonds. The van der Waals surface area contributed by atoms with Gasteiger partial charge in [-0.2, -0.15) is 0 Å². The van der Waals surface area contributed by atoms with Gasteiger partial charge in [-0.1, -0.05) is 15.9 Å². The third-order valence-corrected chi connectivity index (χ3v) is 3.41. The number of nitrogens with one attached hydrogen (secondary N) is 2. The van der Waals surface area contributed by atoms with Crippen molar-refractivity contribution in [2.45, 2.75) is 6.92 Å². The van der Waals surface area contributed by atoms with Crippen molar-refractivity contribution in [3.63, 3.8) is 0 Å². The molecule has 1 aromatic rings. The summed E-state index contributed by atoms with van der Waals surface area (Å²) in [4.78, 5) is 22.9. The third kappa shape index (κ3) is 3.21. The topological polar surface area (TPSA) is 78.4 Å². The van der Waals surface area contributed by atoms with Crippen LogP contribution in [-0.2, 0) is 4.79 Å². The molecule has 0 saturated carbocycles. The first-order valence-electron chi connectivity index (χ1n) is 5.72. The molecular weight excluding hydrogens is 312 g/mol. The summed E-state index contributed by atoms with van der Waals surface area (Å²) < 4.78 is 0.610. The summed E-state index contributed by atoms with van der Waals surface area (Å²) in [6, 6.07) is 4.59. The number of carboxylic acids is 1. The zero-order valence-electron chi connectivity index (χ0n) is 10.3. The largest absolute Gasteiger partial charge is 0.478 e. The maximum Gasteiger partial charge on any atom is 0.335 e. The number of anilines is 1. The van der Waals surface area contributed by atoms with Crippen LogP contribution in [0.1, 0.15) is 17.3 Å². The first kappa shape index (κ1) is 13.8. The van der Waals surface area contributed by atoms with Crippen LogP contribution in [0, 0.1) is 0 Å². The van der Waals surface area contributed by atoms with Crippen molar-refractivity contribution >= 4 is 33.5 Å². The van der Waals surface area contributed by atoms with Crippen LogP contribution in [0.15, 0.2) is 33.8 Å². The highest BCUT2D eigenvalue weighted by Gasteiger charge is 2.16. The minimum Gasteiger partial charge on any atom is -0.478 e. The van der Waals surface area contributed by atoms with Gasteiger partial charge in [0.05, 0.1) is 5.56 Å². The molecule has 0 aromatic heterocycles. The molecule has 1 aromatic carbocycles. The van der Waals surface area contributed by atoms with Gasteiger partial charge in [0.2, 0.25) is 0 Å². The molecule has 0 bridgehead atoms. The average molecular weight is 325 g/mol. The van der Waals surface area contributed by atoms with E-state index in [0.717, 1.165) is 18.7 Å². The van der Waals surface area contributed by atoms with Crippen LogP contribution in [0.2, 0.25) is 0 Å². The molecule has 0 radical (unpaired) electrons. The molecule has 0 aliphatic carbocycles. The van der Waals surface area contributed by atoms with Crippen LogP contribution < -0.4 is 10.6 Å². The fourth-order valence-electron chi connectivity index (χ4n) is 1.69. The smallest absolute Gasteiger partial charge is 0.335 e. The monoisotopic (exact) mass is 324 g/mol. The van der Waals surface area contributed by atoms with Crippen molar-refractivity contribution in [2.75, 3.05) is 18.4 Å². The van der Waals surface area contributed by atoms with E-state index in [9.17, 15) is 9.59 Å². The van der Waals surface area contributed by atoms with Gasteiger partial charge >= 0.3 is 5.97 Å². The van der Waals surface area contributed by atoms with Gasteiger partial charge in [0, 0.05) is 28.8 Å². The maximum absolute atomic E-state index is 12.0. The molecule has 1 aliphatic rings. The highest BCUT2D eigenvalue weighted by atomic mass is 79.9. The summed E-state index contributed by atoms with van der Waals surface area (Å²) in [6.07, 6.45) is 0. The Morgan fingerprint density at radius 3 is 2.53 bits per heavy atom. The molecule has 100 valence electrons. The predicted octanol–water partition coefficient (Wildman–Crippen LogP) is 2.01. The van der Waals surface area contributed by atoms with Crippen LogP contribution in [0.5, 0.6) is 0 Å². The lowest BCUT2D eigenvalue weighted by atomic mass is 10.0. The van der Waals surface area contributed by atoms with E-state index in [1.54, 1.807) is 13.0 Å². The summed E-state index contributed by atoms with van der Waals surface area (Å²) >= 11 is 3.23. The van der Waals surface area contributed by atoms with Gasteiger partial charge in [-0.3, -0.25) is 4.79 Å². The quantitative estimate of drug-likeness (QED) is 0.743. The van der Waals surface area contributed by atoms with Crippen LogP contribution >= 0.6 is 15.9 Å². The molecule has 0 atom stereocenters. The van der Waals surface area contributed by atoms with Crippen LogP contribution in [0.3, 0.4) is 0 Å². The third-order valence-electron chi connectivity index (χ3n) is 2.95. The lowest BCUT2D eigenvalue weighted by Gasteiger charge is -2.21. The number of aromatic carboxylic acids is 1. The Hall–Kier alpha value is -1.66. The van der Waals surface area contributed by atoms with E-state index in [1.165, 1.54) is 12.1 Å². The molecule has 0 spiro atoms. The Kier molecular flexibility index (Phi) is 4.01. The Balaban J connectivity index is 2.19. The minimum absolute atomic E-state index is 0.125. The maximum atomic E-state index is 12.0. The summed E-state index contributed by atoms with van der Waals surface area (Å²) in [5, 5.41) is 14.7. The number of benzene rings is 1. The number of hydrogen-bond donors (Lipinski definition) is 3. The van der Waals surface area contributed by atoms with Crippen molar-refractivity contribution in [1.29, 1.82) is 0 Å². The fourth-order valence-corrected chi connectivity index (χ4v) is 2.18. The number of rotatable bonds is 3. The zero-order valence-corrected chi connectivity index (χ0v) is 11.9. The zero-order chi connectivity index (χ0) is 14.0. The fraction of sp³-hybridized carbons (Fsp3) is 0.231. The number of hydrogen-bond acceptors (Lipinski definition) is 3. The van der Waals surface area contributed by atoms with E-state index in [-0.39, 0.29) is 11.5 Å². The first-order chi connectivity index (χ1) is 8.97. The Morgan fingerprint density at radius 2 is 2.00 bits per heavy atom. The lowest BCUT2D eigenvalue weighted by molar-refractivity contribution is -0.112. The molecule has 5 nitrogen and oxygen atoms in total. The summed E-state index contributed by atoms with van der Waals surface area (Å²) in [5.41, 5.74) is 2.34.